The normalized spacial score (nSPS) is 21.2. The first-order valence-electron chi connectivity index (χ1n) is 6.51. The van der Waals surface area contributed by atoms with Crippen LogP contribution in [0, 0.1) is 0 Å². The van der Waals surface area contributed by atoms with Gasteiger partial charge in [-0.15, -0.1) is 0 Å². The molecule has 0 radical (unpaired) electrons. The summed E-state index contributed by atoms with van der Waals surface area (Å²) in [6.45, 7) is 6.05. The average Bonchev–Trinajstić information content (AvgIpc) is 2.76. The Morgan fingerprint density at radius 1 is 1.29 bits per heavy atom. The third kappa shape index (κ3) is 4.26. The van der Waals surface area contributed by atoms with E-state index in [-0.39, 0.29) is 18.6 Å². The average molecular weight is 314 g/mol. The fraction of sp³-hybridized carbons (Fsp3) is 0.500. The lowest BCUT2D eigenvalue weighted by Crippen LogP contribution is -2.25. The molecule has 1 heterocycles. The molecule has 1 aromatic carbocycles. The van der Waals surface area contributed by atoms with Gasteiger partial charge in [0.2, 0.25) is 6.10 Å². The number of hydrogen-bond donors (Lipinski definition) is 0. The van der Waals surface area contributed by atoms with Crippen LogP contribution in [0.4, 0.5) is 0 Å². The van der Waals surface area contributed by atoms with Gasteiger partial charge in [0.15, 0.2) is 0 Å². The predicted molar refractivity (Wildman–Crippen MR) is 74.7 cm³/mol. The fourth-order valence-corrected chi connectivity index (χ4v) is 2.56. The van der Waals surface area contributed by atoms with Crippen LogP contribution in [0.2, 0.25) is 0 Å². The molecule has 0 spiro atoms. The summed E-state index contributed by atoms with van der Waals surface area (Å²) in [7, 11) is -4.05. The summed E-state index contributed by atoms with van der Waals surface area (Å²) in [5.41, 5.74) is 2.05. The first kappa shape index (κ1) is 15.9. The zero-order chi connectivity index (χ0) is 15.7. The molecule has 1 atom stereocenters. The van der Waals surface area contributed by atoms with Crippen LogP contribution in [0.3, 0.4) is 0 Å². The highest BCUT2D eigenvalue weighted by molar-refractivity contribution is 7.82. The topological polar surface area (TPSA) is 78.9 Å². The van der Waals surface area contributed by atoms with Crippen LogP contribution >= 0.6 is 0 Å². The van der Waals surface area contributed by atoms with Crippen LogP contribution in [0.15, 0.2) is 24.3 Å². The van der Waals surface area contributed by atoms with E-state index in [1.807, 2.05) is 24.3 Å². The Labute approximate surface area is 124 Å². The summed E-state index contributed by atoms with van der Waals surface area (Å²) in [4.78, 5) is 11.6. The second-order valence-corrected chi connectivity index (χ2v) is 7.08. The van der Waals surface area contributed by atoms with Gasteiger partial charge >= 0.3 is 16.4 Å². The number of carbonyl (C=O) groups excluding carboxylic acids is 1. The van der Waals surface area contributed by atoms with Gasteiger partial charge in [0, 0.05) is 0 Å². The van der Waals surface area contributed by atoms with Crippen LogP contribution in [0.5, 0.6) is 0 Å². The summed E-state index contributed by atoms with van der Waals surface area (Å²) in [5.74, 6) is -0.754. The zero-order valence-electron chi connectivity index (χ0n) is 12.2. The molecule has 0 saturated carbocycles. The summed E-state index contributed by atoms with van der Waals surface area (Å²) in [6, 6.07) is 7.69. The molecule has 7 heteroatoms. The van der Waals surface area contributed by atoms with Gasteiger partial charge in [-0.25, -0.2) is 13.2 Å². The van der Waals surface area contributed by atoms with Crippen molar-refractivity contribution >= 4 is 16.4 Å². The molecule has 116 valence electrons. The number of hydrogen-bond acceptors (Lipinski definition) is 6. The van der Waals surface area contributed by atoms with E-state index in [2.05, 4.69) is 29.1 Å². The summed E-state index contributed by atoms with van der Waals surface area (Å²) >= 11 is 0. The van der Waals surface area contributed by atoms with Crippen molar-refractivity contribution in [3.8, 4) is 0 Å². The van der Waals surface area contributed by atoms with Gasteiger partial charge < -0.3 is 4.74 Å². The van der Waals surface area contributed by atoms with Gasteiger partial charge in [0.25, 0.3) is 0 Å². The van der Waals surface area contributed by atoms with Crippen molar-refractivity contribution in [1.82, 2.24) is 0 Å². The van der Waals surface area contributed by atoms with Gasteiger partial charge in [-0.3, -0.25) is 0 Å². The Morgan fingerprint density at radius 3 is 2.38 bits per heavy atom. The smallest absolute Gasteiger partial charge is 0.400 e. The van der Waals surface area contributed by atoms with Crippen LogP contribution < -0.4 is 0 Å². The van der Waals surface area contributed by atoms with Gasteiger partial charge in [-0.2, -0.15) is 8.42 Å². The summed E-state index contributed by atoms with van der Waals surface area (Å²) in [6.07, 6.45) is -1.22. The van der Waals surface area contributed by atoms with E-state index < -0.39 is 22.5 Å². The van der Waals surface area contributed by atoms with Crippen LogP contribution in [0.25, 0.3) is 0 Å². The number of benzene rings is 1. The number of esters is 1. The van der Waals surface area contributed by atoms with E-state index in [1.54, 1.807) is 0 Å². The Bertz CT molecular complexity index is 612. The molecule has 0 bridgehead atoms. The Morgan fingerprint density at radius 2 is 1.90 bits per heavy atom. The molecule has 6 nitrogen and oxygen atoms in total. The maximum Gasteiger partial charge on any atom is 0.400 e. The largest absolute Gasteiger partial charge is 0.459 e. The zero-order valence-corrected chi connectivity index (χ0v) is 13.0. The monoisotopic (exact) mass is 314 g/mol. The molecule has 2 rings (SSSR count). The molecule has 1 fully saturated rings. The summed E-state index contributed by atoms with van der Waals surface area (Å²) < 4.78 is 35.6. The fourth-order valence-electron chi connectivity index (χ4n) is 1.80. The van der Waals surface area contributed by atoms with Gasteiger partial charge in [-0.05, 0) is 16.5 Å². The standard InChI is InChI=1S/C14H18O6S/c1-14(2,3)11-6-4-10(5-7-11)8-18-13(15)12-9-19-21(16,17)20-12/h4-7,12H,8-9H2,1-3H3. The number of ether oxygens (including phenoxy) is 1. The lowest BCUT2D eigenvalue weighted by molar-refractivity contribution is -0.152. The maximum absolute atomic E-state index is 11.6. The first-order valence-corrected chi connectivity index (χ1v) is 7.84. The van der Waals surface area contributed by atoms with Crippen molar-refractivity contribution < 1.29 is 26.3 Å². The molecular weight excluding hydrogens is 296 g/mol. The van der Waals surface area contributed by atoms with Gasteiger partial charge in [0.1, 0.15) is 13.2 Å². The number of carbonyl (C=O) groups is 1. The SMILES string of the molecule is CC(C)(C)c1ccc(COC(=O)C2COS(=O)(=O)O2)cc1. The number of rotatable bonds is 3. The highest BCUT2D eigenvalue weighted by Gasteiger charge is 2.36. The maximum atomic E-state index is 11.6. The molecular formula is C14H18O6S. The molecule has 1 saturated heterocycles. The van der Waals surface area contributed by atoms with Gasteiger partial charge in [-0.1, -0.05) is 45.0 Å². The summed E-state index contributed by atoms with van der Waals surface area (Å²) in [5, 5.41) is 0. The minimum atomic E-state index is -4.05. The first-order chi connectivity index (χ1) is 9.67. The van der Waals surface area contributed by atoms with Crippen LogP contribution in [0.1, 0.15) is 31.9 Å². The molecule has 1 aliphatic rings. The molecule has 1 aromatic rings. The Kier molecular flexibility index (Phi) is 4.36. The highest BCUT2D eigenvalue weighted by atomic mass is 32.3. The van der Waals surface area contributed by atoms with Crippen molar-refractivity contribution in [1.29, 1.82) is 0 Å². The molecule has 1 aliphatic heterocycles. The molecule has 21 heavy (non-hydrogen) atoms. The Balaban J connectivity index is 1.90. The Hall–Kier alpha value is -1.44. The van der Waals surface area contributed by atoms with E-state index in [1.165, 1.54) is 5.56 Å². The minimum absolute atomic E-state index is 0.0542. The van der Waals surface area contributed by atoms with Crippen molar-refractivity contribution in [3.05, 3.63) is 35.4 Å². The highest BCUT2D eigenvalue weighted by Crippen LogP contribution is 2.22. The van der Waals surface area contributed by atoms with Crippen molar-refractivity contribution in [2.75, 3.05) is 6.61 Å². The van der Waals surface area contributed by atoms with E-state index in [4.69, 9.17) is 4.74 Å². The van der Waals surface area contributed by atoms with E-state index in [9.17, 15) is 13.2 Å². The van der Waals surface area contributed by atoms with Crippen LogP contribution in [-0.2, 0) is 40.3 Å². The van der Waals surface area contributed by atoms with Crippen LogP contribution in [-0.4, -0.2) is 27.1 Å². The van der Waals surface area contributed by atoms with E-state index >= 15 is 0 Å². The minimum Gasteiger partial charge on any atom is -0.459 e. The molecule has 0 aliphatic carbocycles. The third-order valence-electron chi connectivity index (χ3n) is 3.06. The second-order valence-electron chi connectivity index (χ2n) is 5.83. The third-order valence-corrected chi connectivity index (χ3v) is 3.95. The lowest BCUT2D eigenvalue weighted by Gasteiger charge is -2.19. The predicted octanol–water partition coefficient (Wildman–Crippen LogP) is 1.69. The lowest BCUT2D eigenvalue weighted by atomic mass is 9.87. The molecule has 0 aromatic heterocycles. The quantitative estimate of drug-likeness (QED) is 0.790. The van der Waals surface area contributed by atoms with E-state index in [0.29, 0.717) is 0 Å². The van der Waals surface area contributed by atoms with Crippen molar-refractivity contribution in [3.63, 3.8) is 0 Å². The molecule has 1 unspecified atom stereocenters. The second kappa shape index (κ2) is 5.75. The van der Waals surface area contributed by atoms with Crippen molar-refractivity contribution in [2.24, 2.45) is 0 Å². The van der Waals surface area contributed by atoms with Gasteiger partial charge in [0.05, 0.1) is 0 Å². The van der Waals surface area contributed by atoms with E-state index in [0.717, 1.165) is 5.56 Å². The van der Waals surface area contributed by atoms with Crippen molar-refractivity contribution in [2.45, 2.75) is 38.9 Å². The molecule has 0 N–H and O–H groups in total. The molecule has 0 amide bonds.